The minimum absolute atomic E-state index is 0.0511. The number of likely N-dealkylation sites (tertiary alicyclic amines) is 1. The van der Waals surface area contributed by atoms with Gasteiger partial charge in [0.25, 0.3) is 0 Å². The van der Waals surface area contributed by atoms with Gasteiger partial charge in [-0.25, -0.2) is 4.79 Å². The first-order valence-electron chi connectivity index (χ1n) is 7.11. The van der Waals surface area contributed by atoms with Crippen molar-refractivity contribution in [3.63, 3.8) is 0 Å². The first kappa shape index (κ1) is 16.8. The van der Waals surface area contributed by atoms with Gasteiger partial charge >= 0.3 is 12.0 Å². The summed E-state index contributed by atoms with van der Waals surface area (Å²) in [5.74, 6) is -0.775. The highest BCUT2D eigenvalue weighted by Crippen LogP contribution is 2.31. The quantitative estimate of drug-likeness (QED) is 0.834. The Labute approximate surface area is 120 Å². The van der Waals surface area contributed by atoms with Crippen LogP contribution in [0.3, 0.4) is 0 Å². The Morgan fingerprint density at radius 2 is 1.90 bits per heavy atom. The van der Waals surface area contributed by atoms with Crippen LogP contribution in [0.1, 0.15) is 33.6 Å². The van der Waals surface area contributed by atoms with Gasteiger partial charge in [0.15, 0.2) is 0 Å². The molecule has 1 aliphatic heterocycles. The van der Waals surface area contributed by atoms with Crippen LogP contribution in [0.15, 0.2) is 0 Å². The summed E-state index contributed by atoms with van der Waals surface area (Å²) in [5, 5.41) is 9.17. The number of carbonyl (C=O) groups excluding carboxylic acids is 1. The fourth-order valence-corrected chi connectivity index (χ4v) is 2.17. The number of piperidine rings is 1. The van der Waals surface area contributed by atoms with E-state index in [4.69, 9.17) is 9.84 Å². The normalized spacial score (nSPS) is 18.1. The van der Waals surface area contributed by atoms with Crippen LogP contribution in [0.5, 0.6) is 0 Å². The molecule has 1 heterocycles. The van der Waals surface area contributed by atoms with Crippen molar-refractivity contribution in [2.24, 2.45) is 5.41 Å². The van der Waals surface area contributed by atoms with Gasteiger partial charge in [0, 0.05) is 26.7 Å². The molecule has 0 radical (unpaired) electrons. The average molecular weight is 286 g/mol. The predicted octanol–water partition coefficient (Wildman–Crippen LogP) is 1.65. The molecule has 1 fully saturated rings. The second-order valence-electron chi connectivity index (χ2n) is 5.98. The van der Waals surface area contributed by atoms with Crippen LogP contribution < -0.4 is 0 Å². The SMILES string of the molecule is CC(C)OCCN(C)C(=O)N1CCC(C)(C(=O)O)CC1. The van der Waals surface area contributed by atoms with E-state index in [1.54, 1.807) is 23.8 Å². The summed E-state index contributed by atoms with van der Waals surface area (Å²) >= 11 is 0. The number of aliphatic carboxylic acids is 1. The molecular formula is C14H26N2O4. The van der Waals surface area contributed by atoms with E-state index >= 15 is 0 Å². The minimum atomic E-state index is -0.775. The maximum Gasteiger partial charge on any atom is 0.319 e. The molecule has 1 saturated heterocycles. The molecule has 1 aliphatic rings. The number of rotatable bonds is 5. The van der Waals surface area contributed by atoms with Crippen molar-refractivity contribution in [1.82, 2.24) is 9.80 Å². The van der Waals surface area contributed by atoms with Crippen LogP contribution in [0, 0.1) is 5.41 Å². The Balaban J connectivity index is 2.40. The van der Waals surface area contributed by atoms with Crippen LogP contribution >= 0.6 is 0 Å². The molecule has 1 rings (SSSR count). The summed E-state index contributed by atoms with van der Waals surface area (Å²) in [6.45, 7) is 7.72. The van der Waals surface area contributed by atoms with E-state index in [9.17, 15) is 9.59 Å². The van der Waals surface area contributed by atoms with E-state index in [0.29, 0.717) is 39.1 Å². The number of nitrogens with zero attached hydrogens (tertiary/aromatic N) is 2. The van der Waals surface area contributed by atoms with Gasteiger partial charge in [-0.2, -0.15) is 0 Å². The zero-order chi connectivity index (χ0) is 15.3. The van der Waals surface area contributed by atoms with Gasteiger partial charge in [0.05, 0.1) is 18.1 Å². The Hall–Kier alpha value is -1.30. The molecule has 0 atom stereocenters. The van der Waals surface area contributed by atoms with Gasteiger partial charge in [0.2, 0.25) is 0 Å². The topological polar surface area (TPSA) is 70.1 Å². The van der Waals surface area contributed by atoms with Crippen LogP contribution in [0.4, 0.5) is 4.79 Å². The molecule has 1 N–H and O–H groups in total. The molecule has 6 nitrogen and oxygen atoms in total. The lowest BCUT2D eigenvalue weighted by atomic mass is 9.80. The number of carboxylic acids is 1. The molecule has 0 bridgehead atoms. The Kier molecular flexibility index (Phi) is 5.80. The maximum atomic E-state index is 12.2. The van der Waals surface area contributed by atoms with Crippen molar-refractivity contribution < 1.29 is 19.4 Å². The van der Waals surface area contributed by atoms with Crippen LogP contribution in [0.2, 0.25) is 0 Å². The molecule has 0 aliphatic carbocycles. The van der Waals surface area contributed by atoms with E-state index in [2.05, 4.69) is 0 Å². The monoisotopic (exact) mass is 286 g/mol. The van der Waals surface area contributed by atoms with Gasteiger partial charge in [-0.15, -0.1) is 0 Å². The summed E-state index contributed by atoms with van der Waals surface area (Å²) in [6, 6.07) is -0.0511. The number of urea groups is 1. The molecule has 20 heavy (non-hydrogen) atoms. The van der Waals surface area contributed by atoms with Gasteiger partial charge < -0.3 is 19.6 Å². The highest BCUT2D eigenvalue weighted by atomic mass is 16.5. The number of carbonyl (C=O) groups is 2. The molecule has 0 aromatic rings. The van der Waals surface area contributed by atoms with Crippen molar-refractivity contribution in [2.45, 2.75) is 39.7 Å². The molecule has 116 valence electrons. The summed E-state index contributed by atoms with van der Waals surface area (Å²) in [4.78, 5) is 26.7. The number of amides is 2. The smallest absolute Gasteiger partial charge is 0.319 e. The van der Waals surface area contributed by atoms with Crippen molar-refractivity contribution in [3.8, 4) is 0 Å². The second-order valence-corrected chi connectivity index (χ2v) is 5.98. The third-order valence-corrected chi connectivity index (χ3v) is 3.86. The highest BCUT2D eigenvalue weighted by Gasteiger charge is 2.38. The Morgan fingerprint density at radius 1 is 1.35 bits per heavy atom. The van der Waals surface area contributed by atoms with Gasteiger partial charge in [-0.1, -0.05) is 0 Å². The maximum absolute atomic E-state index is 12.2. The number of carboxylic acid groups (broad SMARTS) is 1. The summed E-state index contributed by atoms with van der Waals surface area (Å²) in [6.07, 6.45) is 1.17. The van der Waals surface area contributed by atoms with Crippen molar-refractivity contribution >= 4 is 12.0 Å². The van der Waals surface area contributed by atoms with Crippen LogP contribution in [-0.4, -0.2) is 66.3 Å². The molecule has 0 unspecified atom stereocenters. The molecule has 0 saturated carbocycles. The van der Waals surface area contributed by atoms with E-state index in [-0.39, 0.29) is 12.1 Å². The number of likely N-dealkylation sites (N-methyl/N-ethyl adjacent to an activating group) is 1. The lowest BCUT2D eigenvalue weighted by Gasteiger charge is -2.38. The zero-order valence-corrected chi connectivity index (χ0v) is 12.9. The predicted molar refractivity (Wildman–Crippen MR) is 75.7 cm³/mol. The highest BCUT2D eigenvalue weighted by molar-refractivity contribution is 5.76. The van der Waals surface area contributed by atoms with Crippen LogP contribution in [0.25, 0.3) is 0 Å². The van der Waals surface area contributed by atoms with Crippen molar-refractivity contribution in [3.05, 3.63) is 0 Å². The molecule has 0 spiro atoms. The molecular weight excluding hydrogens is 260 g/mol. The first-order chi connectivity index (χ1) is 9.26. The zero-order valence-electron chi connectivity index (χ0n) is 12.9. The van der Waals surface area contributed by atoms with Gasteiger partial charge in [0.1, 0.15) is 0 Å². The number of hydrogen-bond donors (Lipinski definition) is 1. The van der Waals surface area contributed by atoms with E-state index in [1.165, 1.54) is 0 Å². The lowest BCUT2D eigenvalue weighted by Crippen LogP contribution is -2.49. The minimum Gasteiger partial charge on any atom is -0.481 e. The van der Waals surface area contributed by atoms with Gasteiger partial charge in [-0.3, -0.25) is 4.79 Å². The first-order valence-corrected chi connectivity index (χ1v) is 7.11. The Morgan fingerprint density at radius 3 is 2.35 bits per heavy atom. The van der Waals surface area contributed by atoms with Crippen molar-refractivity contribution in [2.75, 3.05) is 33.3 Å². The average Bonchev–Trinajstić information content (AvgIpc) is 2.38. The third-order valence-electron chi connectivity index (χ3n) is 3.86. The standard InChI is InChI=1S/C14H26N2O4/c1-11(2)20-10-9-15(4)13(19)16-7-5-14(3,6-8-16)12(17)18/h11H,5-10H2,1-4H3,(H,17,18). The number of hydrogen-bond acceptors (Lipinski definition) is 3. The molecule has 2 amide bonds. The largest absolute Gasteiger partial charge is 0.481 e. The second kappa shape index (κ2) is 6.92. The fraction of sp³-hybridized carbons (Fsp3) is 0.857. The molecule has 6 heteroatoms. The third kappa shape index (κ3) is 4.37. The summed E-state index contributed by atoms with van der Waals surface area (Å²) < 4.78 is 5.42. The molecule has 0 aromatic carbocycles. The van der Waals surface area contributed by atoms with Crippen LogP contribution in [-0.2, 0) is 9.53 Å². The summed E-state index contributed by atoms with van der Waals surface area (Å²) in [5.41, 5.74) is -0.698. The van der Waals surface area contributed by atoms with E-state index in [1.807, 2.05) is 13.8 Å². The van der Waals surface area contributed by atoms with Gasteiger partial charge in [-0.05, 0) is 33.6 Å². The number of ether oxygens (including phenoxy) is 1. The lowest BCUT2D eigenvalue weighted by molar-refractivity contribution is -0.150. The van der Waals surface area contributed by atoms with E-state index < -0.39 is 11.4 Å². The van der Waals surface area contributed by atoms with Crippen molar-refractivity contribution in [1.29, 1.82) is 0 Å². The summed E-state index contributed by atoms with van der Waals surface area (Å²) in [7, 11) is 1.75. The molecule has 0 aromatic heterocycles. The van der Waals surface area contributed by atoms with E-state index in [0.717, 1.165) is 0 Å². The fourth-order valence-electron chi connectivity index (χ4n) is 2.17. The Bertz CT molecular complexity index is 349.